The van der Waals surface area contributed by atoms with E-state index in [1.165, 1.54) is 12.3 Å². The molecule has 2 N–H and O–H groups in total. The van der Waals surface area contributed by atoms with Crippen molar-refractivity contribution >= 4 is 44.4 Å². The van der Waals surface area contributed by atoms with E-state index < -0.39 is 17.2 Å². The molecule has 0 aliphatic carbocycles. The van der Waals surface area contributed by atoms with Gasteiger partial charge in [-0.3, -0.25) is 14.5 Å². The number of carbonyl (C=O) groups is 1. The molecule has 1 amide bonds. The van der Waals surface area contributed by atoms with Crippen molar-refractivity contribution in [2.45, 2.75) is 19.4 Å². The number of ether oxygens (including phenoxy) is 2. The van der Waals surface area contributed by atoms with Gasteiger partial charge in [0.15, 0.2) is 17.3 Å². The number of aromatic nitrogens is 3. The van der Waals surface area contributed by atoms with Crippen molar-refractivity contribution in [3.05, 3.63) is 89.0 Å². The summed E-state index contributed by atoms with van der Waals surface area (Å²) in [5.74, 6) is -0.499. The summed E-state index contributed by atoms with van der Waals surface area (Å²) in [6, 6.07) is 12.6. The predicted octanol–water partition coefficient (Wildman–Crippen LogP) is 5.29. The van der Waals surface area contributed by atoms with E-state index in [0.717, 1.165) is 42.4 Å². The molecular weight excluding hydrogens is 603 g/mol. The first-order chi connectivity index (χ1) is 23.0. The van der Waals surface area contributed by atoms with E-state index in [9.17, 15) is 9.59 Å². The Morgan fingerprint density at radius 2 is 1.83 bits per heavy atom. The number of para-hydroxylation sites is 1. The summed E-state index contributed by atoms with van der Waals surface area (Å²) >= 11 is 0. The number of aryl methyl sites for hydroxylation is 1. The van der Waals surface area contributed by atoms with Gasteiger partial charge < -0.3 is 33.7 Å². The van der Waals surface area contributed by atoms with Crippen LogP contribution in [0.4, 0.5) is 10.1 Å². The van der Waals surface area contributed by atoms with Crippen LogP contribution in [0, 0.1) is 5.82 Å². The van der Waals surface area contributed by atoms with Crippen molar-refractivity contribution in [1.82, 2.24) is 24.3 Å². The van der Waals surface area contributed by atoms with E-state index >= 15 is 4.39 Å². The number of anilines is 1. The van der Waals surface area contributed by atoms with Gasteiger partial charge in [0.2, 0.25) is 5.43 Å². The van der Waals surface area contributed by atoms with Crippen LogP contribution in [-0.2, 0) is 11.3 Å². The van der Waals surface area contributed by atoms with Crippen molar-refractivity contribution in [2.75, 3.05) is 51.3 Å². The average Bonchev–Trinajstić information content (AvgIpc) is 3.74. The number of morpholine rings is 1. The Labute approximate surface area is 268 Å². The fourth-order valence-corrected chi connectivity index (χ4v) is 6.48. The molecule has 0 atom stereocenters. The second-order valence-corrected chi connectivity index (χ2v) is 11.9. The lowest BCUT2D eigenvalue weighted by Crippen LogP contribution is -2.37. The number of furan rings is 1. The lowest BCUT2D eigenvalue weighted by atomic mass is 10.0. The third-order valence-electron chi connectivity index (χ3n) is 8.86. The molecule has 12 heteroatoms. The lowest BCUT2D eigenvalue weighted by molar-refractivity contribution is 0.0378. The molecular formula is C35H33FN6O5. The maximum absolute atomic E-state index is 15.9. The summed E-state index contributed by atoms with van der Waals surface area (Å²) in [7, 11) is 0. The van der Waals surface area contributed by atoms with Gasteiger partial charge in [-0.1, -0.05) is 18.2 Å². The minimum atomic E-state index is -0.626. The number of amides is 1. The van der Waals surface area contributed by atoms with Gasteiger partial charge in [0.25, 0.3) is 5.91 Å². The molecule has 11 nitrogen and oxygen atoms in total. The summed E-state index contributed by atoms with van der Waals surface area (Å²) in [5, 5.41) is 7.91. The summed E-state index contributed by atoms with van der Waals surface area (Å²) in [6.07, 6.45) is 8.20. The van der Waals surface area contributed by atoms with Gasteiger partial charge in [-0.05, 0) is 37.6 Å². The Bertz CT molecular complexity index is 2190. The van der Waals surface area contributed by atoms with E-state index in [1.807, 2.05) is 47.2 Å². The number of pyridine rings is 1. The number of fused-ring (bicyclic) bond motifs is 5. The molecule has 47 heavy (non-hydrogen) atoms. The first kappa shape index (κ1) is 29.2. The number of hydrogen-bond acceptors (Lipinski definition) is 8. The highest BCUT2D eigenvalue weighted by Gasteiger charge is 2.29. The molecule has 0 unspecified atom stereocenters. The van der Waals surface area contributed by atoms with E-state index in [-0.39, 0.29) is 22.4 Å². The second-order valence-electron chi connectivity index (χ2n) is 11.9. The Kier molecular flexibility index (Phi) is 7.58. The molecule has 3 aromatic heterocycles. The molecule has 0 radical (unpaired) electrons. The lowest BCUT2D eigenvalue weighted by Gasteiger charge is -2.27. The van der Waals surface area contributed by atoms with Crippen LogP contribution in [0.1, 0.15) is 23.2 Å². The van der Waals surface area contributed by atoms with Gasteiger partial charge in [-0.2, -0.15) is 0 Å². The maximum atomic E-state index is 15.9. The molecule has 1 fully saturated rings. The number of imidazole rings is 1. The third kappa shape index (κ3) is 5.38. The van der Waals surface area contributed by atoms with Crippen LogP contribution in [0.25, 0.3) is 38.5 Å². The zero-order valence-corrected chi connectivity index (χ0v) is 25.6. The van der Waals surface area contributed by atoms with Crippen molar-refractivity contribution in [3.8, 4) is 17.2 Å². The molecule has 0 saturated carbocycles. The summed E-state index contributed by atoms with van der Waals surface area (Å²) < 4.78 is 37.7. The molecule has 2 aliphatic rings. The van der Waals surface area contributed by atoms with Crippen LogP contribution >= 0.6 is 0 Å². The number of nitrogens with zero attached hydrogens (tertiary/aromatic N) is 4. The van der Waals surface area contributed by atoms with Gasteiger partial charge in [-0.15, -0.1) is 0 Å². The molecule has 2 aliphatic heterocycles. The van der Waals surface area contributed by atoms with E-state index in [4.69, 9.17) is 13.9 Å². The van der Waals surface area contributed by atoms with Crippen LogP contribution < -0.4 is 20.8 Å². The molecule has 0 spiro atoms. The molecule has 3 aromatic carbocycles. The largest absolute Gasteiger partial charge is 0.456 e. The Hall–Kier alpha value is -5.20. The van der Waals surface area contributed by atoms with Crippen molar-refractivity contribution in [2.24, 2.45) is 0 Å². The molecule has 6 aromatic rings. The molecule has 1 saturated heterocycles. The number of halogens is 1. The molecule has 0 bridgehead atoms. The van der Waals surface area contributed by atoms with E-state index in [1.54, 1.807) is 17.1 Å². The van der Waals surface area contributed by atoms with Gasteiger partial charge >= 0.3 is 0 Å². The highest BCUT2D eigenvalue weighted by molar-refractivity contribution is 6.07. The Balaban J connectivity index is 1.18. The van der Waals surface area contributed by atoms with Gasteiger partial charge in [0.05, 0.1) is 30.6 Å². The fourth-order valence-electron chi connectivity index (χ4n) is 6.48. The highest BCUT2D eigenvalue weighted by atomic mass is 19.1. The fraction of sp³-hybridized carbons (Fsp3) is 0.286. The smallest absolute Gasteiger partial charge is 0.256 e. The summed E-state index contributed by atoms with van der Waals surface area (Å²) in [6.45, 7) is 5.54. The molecule has 8 rings (SSSR count). The number of rotatable bonds is 10. The topological polar surface area (TPSA) is 116 Å². The minimum Gasteiger partial charge on any atom is -0.456 e. The minimum absolute atomic E-state index is 0.0535. The number of nitrogens with one attached hydrogen (secondary N) is 2. The summed E-state index contributed by atoms with van der Waals surface area (Å²) in [5.41, 5.74) is 1.81. The average molecular weight is 637 g/mol. The van der Waals surface area contributed by atoms with Crippen LogP contribution in [0.5, 0.6) is 11.5 Å². The number of carbonyl (C=O) groups excluding carboxylic acids is 1. The second kappa shape index (κ2) is 12.2. The predicted molar refractivity (Wildman–Crippen MR) is 176 cm³/mol. The van der Waals surface area contributed by atoms with Crippen molar-refractivity contribution in [1.29, 1.82) is 0 Å². The third-order valence-corrected chi connectivity index (χ3v) is 8.86. The highest BCUT2D eigenvalue weighted by Crippen LogP contribution is 2.47. The van der Waals surface area contributed by atoms with Gasteiger partial charge in [0, 0.05) is 68.2 Å². The van der Waals surface area contributed by atoms with Crippen LogP contribution in [0.15, 0.2) is 76.6 Å². The van der Waals surface area contributed by atoms with Crippen molar-refractivity contribution < 1.29 is 23.1 Å². The Morgan fingerprint density at radius 1 is 0.979 bits per heavy atom. The SMILES string of the molecule is O=C(NCCCn1ccnc1)c1cn2c3c(c(NCCCN4CCOCC4)c(F)cc3c1=O)Oc1cc3c(cc1-2)oc1ccccc13. The van der Waals surface area contributed by atoms with Crippen molar-refractivity contribution in [3.63, 3.8) is 0 Å². The van der Waals surface area contributed by atoms with Crippen LogP contribution in [-0.4, -0.2) is 70.9 Å². The van der Waals surface area contributed by atoms with E-state index in [0.29, 0.717) is 61.8 Å². The first-order valence-electron chi connectivity index (χ1n) is 15.9. The summed E-state index contributed by atoms with van der Waals surface area (Å²) in [4.78, 5) is 33.6. The Morgan fingerprint density at radius 3 is 2.68 bits per heavy atom. The van der Waals surface area contributed by atoms with Crippen LogP contribution in [0.2, 0.25) is 0 Å². The zero-order valence-electron chi connectivity index (χ0n) is 25.6. The van der Waals surface area contributed by atoms with Crippen LogP contribution in [0.3, 0.4) is 0 Å². The quantitative estimate of drug-likeness (QED) is 0.195. The first-order valence-corrected chi connectivity index (χ1v) is 15.9. The monoisotopic (exact) mass is 636 g/mol. The zero-order chi connectivity index (χ0) is 31.9. The standard InChI is InChI=1S/C35H33FN6O5/c36-26-17-24-32-34(31(26)38-7-3-10-40-13-15-45-16-14-40)47-30-18-23-22-5-1-2-6-28(22)46-29(23)19-27(30)42(32)20-25(33(24)43)35(44)39-8-4-11-41-12-9-37-21-41/h1-2,5-6,9,12,17-21,38H,3-4,7-8,10-11,13-16H2,(H,39,44). The van der Waals surface area contributed by atoms with Gasteiger partial charge in [-0.25, -0.2) is 9.37 Å². The van der Waals surface area contributed by atoms with Gasteiger partial charge in [0.1, 0.15) is 27.9 Å². The normalized spacial score (nSPS) is 14.4. The maximum Gasteiger partial charge on any atom is 0.256 e. The molecule has 240 valence electrons. The van der Waals surface area contributed by atoms with E-state index in [2.05, 4.69) is 20.5 Å². The molecule has 5 heterocycles. The number of benzene rings is 3. The number of hydrogen-bond donors (Lipinski definition) is 2.